The van der Waals surface area contributed by atoms with Crippen LogP contribution in [0.5, 0.6) is 0 Å². The Bertz CT molecular complexity index is 504. The van der Waals surface area contributed by atoms with E-state index in [1.807, 2.05) is 13.8 Å². The number of hydrogen-bond donors (Lipinski definition) is 4. The molecule has 0 saturated carbocycles. The molecule has 2 rings (SSSR count). The predicted molar refractivity (Wildman–Crippen MR) is 77.5 cm³/mol. The predicted octanol–water partition coefficient (Wildman–Crippen LogP) is -0.383. The summed E-state index contributed by atoms with van der Waals surface area (Å²) in [5.74, 6) is 0.0351. The van der Waals surface area contributed by atoms with E-state index >= 15 is 0 Å². The first-order chi connectivity index (χ1) is 9.99. The minimum absolute atomic E-state index is 0.0290. The third-order valence-electron chi connectivity index (χ3n) is 2.95. The quantitative estimate of drug-likeness (QED) is 0.533. The minimum atomic E-state index is -0.806. The third-order valence-corrected chi connectivity index (χ3v) is 2.95. The second kappa shape index (κ2) is 6.53. The van der Waals surface area contributed by atoms with Crippen LogP contribution in [0, 0.1) is 5.92 Å². The van der Waals surface area contributed by atoms with E-state index in [-0.39, 0.29) is 18.6 Å². The van der Waals surface area contributed by atoms with E-state index in [1.54, 1.807) is 4.90 Å². The summed E-state index contributed by atoms with van der Waals surface area (Å²) in [4.78, 5) is 25.4. The van der Waals surface area contributed by atoms with Gasteiger partial charge in [0.15, 0.2) is 0 Å². The molecule has 116 valence electrons. The maximum atomic E-state index is 10.8. The fourth-order valence-electron chi connectivity index (χ4n) is 1.87. The van der Waals surface area contributed by atoms with Gasteiger partial charge in [0, 0.05) is 25.7 Å². The molecule has 9 nitrogen and oxygen atoms in total. The zero-order valence-electron chi connectivity index (χ0n) is 12.1. The zero-order valence-corrected chi connectivity index (χ0v) is 12.1. The maximum Gasteiger partial charge on any atom is 0.310 e. The number of nitrogens with one attached hydrogen (secondary N) is 2. The second-order valence-electron chi connectivity index (χ2n) is 5.17. The monoisotopic (exact) mass is 296 g/mol. The number of carboxylic acids is 1. The number of hydrogen-bond acceptors (Lipinski definition) is 8. The Kier molecular flexibility index (Phi) is 4.73. The first-order valence-electron chi connectivity index (χ1n) is 6.84. The number of nitrogens with zero attached hydrogens (tertiary/aromatic N) is 4. The summed E-state index contributed by atoms with van der Waals surface area (Å²) < 4.78 is 0. The van der Waals surface area contributed by atoms with Gasteiger partial charge in [-0.1, -0.05) is 0 Å². The highest BCUT2D eigenvalue weighted by Gasteiger charge is 2.34. The van der Waals surface area contributed by atoms with Gasteiger partial charge < -0.3 is 25.7 Å². The highest BCUT2D eigenvalue weighted by Crippen LogP contribution is 2.23. The van der Waals surface area contributed by atoms with E-state index in [0.717, 1.165) is 0 Å². The van der Waals surface area contributed by atoms with Crippen molar-refractivity contribution in [1.82, 2.24) is 15.0 Å². The molecule has 1 fully saturated rings. The Hall–Kier alpha value is -2.16. The molecule has 0 radical (unpaired) electrons. The molecule has 0 aliphatic carbocycles. The molecule has 0 amide bonds. The fraction of sp³-hybridized carbons (Fsp3) is 0.667. The van der Waals surface area contributed by atoms with Crippen molar-refractivity contribution in [3.05, 3.63) is 0 Å². The Morgan fingerprint density at radius 2 is 2.00 bits per heavy atom. The largest absolute Gasteiger partial charge is 0.481 e. The van der Waals surface area contributed by atoms with Gasteiger partial charge in [-0.05, 0) is 13.8 Å². The molecule has 1 aliphatic heterocycles. The smallest absolute Gasteiger partial charge is 0.310 e. The normalized spacial score (nSPS) is 15.0. The van der Waals surface area contributed by atoms with Crippen molar-refractivity contribution in [3.8, 4) is 0 Å². The van der Waals surface area contributed by atoms with Gasteiger partial charge in [0.2, 0.25) is 17.8 Å². The molecule has 2 heterocycles. The summed E-state index contributed by atoms with van der Waals surface area (Å²) >= 11 is 0. The van der Waals surface area contributed by atoms with Crippen LogP contribution >= 0.6 is 0 Å². The molecule has 1 aromatic heterocycles. The standard InChI is InChI=1S/C12H20N6O3/c1-7(2)14-11-15-10(13-3-4-19)16-12(17-11)18-5-8(6-18)9(20)21/h7-8,19H,3-6H2,1-2H3,(H,20,21)(H2,13,14,15,16,17). The number of anilines is 3. The first-order valence-corrected chi connectivity index (χ1v) is 6.84. The highest BCUT2D eigenvalue weighted by atomic mass is 16.4. The molecular formula is C12H20N6O3. The van der Waals surface area contributed by atoms with E-state index < -0.39 is 5.97 Å². The minimum Gasteiger partial charge on any atom is -0.481 e. The van der Waals surface area contributed by atoms with Crippen molar-refractivity contribution in [1.29, 1.82) is 0 Å². The average Bonchev–Trinajstić information content (AvgIpc) is 2.33. The lowest BCUT2D eigenvalue weighted by Crippen LogP contribution is -2.51. The van der Waals surface area contributed by atoms with Crippen LogP contribution in [-0.2, 0) is 4.79 Å². The Labute approximate surface area is 122 Å². The van der Waals surface area contributed by atoms with Crippen LogP contribution < -0.4 is 15.5 Å². The van der Waals surface area contributed by atoms with Crippen LogP contribution in [-0.4, -0.2) is 63.4 Å². The van der Waals surface area contributed by atoms with E-state index in [1.165, 1.54) is 0 Å². The van der Waals surface area contributed by atoms with Crippen molar-refractivity contribution < 1.29 is 15.0 Å². The Morgan fingerprint density at radius 3 is 2.57 bits per heavy atom. The van der Waals surface area contributed by atoms with E-state index in [0.29, 0.717) is 37.5 Å². The molecule has 0 spiro atoms. The van der Waals surface area contributed by atoms with E-state index in [4.69, 9.17) is 10.2 Å². The molecule has 1 aliphatic rings. The van der Waals surface area contributed by atoms with Crippen molar-refractivity contribution in [2.24, 2.45) is 5.92 Å². The van der Waals surface area contributed by atoms with Crippen molar-refractivity contribution in [2.75, 3.05) is 41.8 Å². The molecule has 0 unspecified atom stereocenters. The summed E-state index contributed by atoms with van der Waals surface area (Å²) in [5, 5.41) is 23.7. The van der Waals surface area contributed by atoms with Gasteiger partial charge in [-0.3, -0.25) is 4.79 Å². The van der Waals surface area contributed by atoms with Gasteiger partial charge in [0.1, 0.15) is 0 Å². The van der Waals surface area contributed by atoms with Crippen molar-refractivity contribution in [2.45, 2.75) is 19.9 Å². The SMILES string of the molecule is CC(C)Nc1nc(NCCO)nc(N2CC(C(=O)O)C2)n1. The van der Waals surface area contributed by atoms with Gasteiger partial charge in [0.05, 0.1) is 12.5 Å². The number of rotatable bonds is 7. The second-order valence-corrected chi connectivity index (χ2v) is 5.17. The van der Waals surface area contributed by atoms with Crippen LogP contribution in [0.3, 0.4) is 0 Å². The van der Waals surface area contributed by atoms with Gasteiger partial charge >= 0.3 is 5.97 Å². The van der Waals surface area contributed by atoms with Gasteiger partial charge in [-0.15, -0.1) is 0 Å². The van der Waals surface area contributed by atoms with E-state index in [2.05, 4.69) is 25.6 Å². The van der Waals surface area contributed by atoms with Crippen LogP contribution in [0.15, 0.2) is 0 Å². The Morgan fingerprint density at radius 1 is 1.33 bits per heavy atom. The molecule has 0 bridgehead atoms. The molecule has 0 atom stereocenters. The molecule has 9 heteroatoms. The number of aliphatic carboxylic acids is 1. The van der Waals surface area contributed by atoms with Crippen LogP contribution in [0.1, 0.15) is 13.8 Å². The molecular weight excluding hydrogens is 276 g/mol. The number of aliphatic hydroxyl groups excluding tert-OH is 1. The summed E-state index contributed by atoms with van der Waals surface area (Å²) in [6.07, 6.45) is 0. The topological polar surface area (TPSA) is 124 Å². The summed E-state index contributed by atoms with van der Waals surface area (Å²) in [7, 11) is 0. The third kappa shape index (κ3) is 3.91. The molecule has 1 saturated heterocycles. The van der Waals surface area contributed by atoms with Crippen LogP contribution in [0.4, 0.5) is 17.8 Å². The first kappa shape index (κ1) is 15.2. The maximum absolute atomic E-state index is 10.8. The summed E-state index contributed by atoms with van der Waals surface area (Å²) in [5.41, 5.74) is 0. The summed E-state index contributed by atoms with van der Waals surface area (Å²) in [6, 6.07) is 0.161. The molecule has 0 aromatic carbocycles. The lowest BCUT2D eigenvalue weighted by atomic mass is 10.0. The molecule has 1 aromatic rings. The fourth-order valence-corrected chi connectivity index (χ4v) is 1.87. The van der Waals surface area contributed by atoms with Gasteiger partial charge in [0.25, 0.3) is 0 Å². The average molecular weight is 296 g/mol. The lowest BCUT2D eigenvalue weighted by molar-refractivity contribution is -0.142. The zero-order chi connectivity index (χ0) is 15.4. The number of aromatic nitrogens is 3. The number of aliphatic hydroxyl groups is 1. The lowest BCUT2D eigenvalue weighted by Gasteiger charge is -2.36. The number of carbonyl (C=O) groups is 1. The van der Waals surface area contributed by atoms with Gasteiger partial charge in [-0.25, -0.2) is 0 Å². The van der Waals surface area contributed by atoms with E-state index in [9.17, 15) is 4.79 Å². The van der Waals surface area contributed by atoms with Gasteiger partial charge in [-0.2, -0.15) is 15.0 Å². The summed E-state index contributed by atoms with van der Waals surface area (Å²) in [6.45, 7) is 5.02. The Balaban J connectivity index is 2.13. The molecule has 4 N–H and O–H groups in total. The van der Waals surface area contributed by atoms with Crippen molar-refractivity contribution in [3.63, 3.8) is 0 Å². The number of carboxylic acid groups (broad SMARTS) is 1. The van der Waals surface area contributed by atoms with Crippen LogP contribution in [0.2, 0.25) is 0 Å². The highest BCUT2D eigenvalue weighted by molar-refractivity contribution is 5.74. The van der Waals surface area contributed by atoms with Crippen LogP contribution in [0.25, 0.3) is 0 Å². The molecule has 21 heavy (non-hydrogen) atoms. The van der Waals surface area contributed by atoms with Crippen molar-refractivity contribution >= 4 is 23.8 Å².